The van der Waals surface area contributed by atoms with Gasteiger partial charge in [-0.05, 0) is 80.7 Å². The van der Waals surface area contributed by atoms with Crippen LogP contribution in [0.3, 0.4) is 0 Å². The molecule has 0 saturated carbocycles. The van der Waals surface area contributed by atoms with Gasteiger partial charge in [0.05, 0.1) is 4.90 Å². The molecular weight excluding hydrogens is 452 g/mol. The molecule has 1 saturated heterocycles. The number of hydrogen-bond acceptors (Lipinski definition) is 6. The maximum absolute atomic E-state index is 13.0. The molecule has 0 bridgehead atoms. The van der Waals surface area contributed by atoms with E-state index in [1.807, 2.05) is 7.05 Å². The van der Waals surface area contributed by atoms with E-state index >= 15 is 0 Å². The van der Waals surface area contributed by atoms with Gasteiger partial charge in [-0.25, -0.2) is 13.1 Å². The Balaban J connectivity index is 1.75. The highest BCUT2D eigenvalue weighted by atomic mass is 32.2. The minimum Gasteiger partial charge on any atom is -0.402 e. The topological polar surface area (TPSA) is 125 Å². The summed E-state index contributed by atoms with van der Waals surface area (Å²) in [4.78, 5) is 29.9. The van der Waals surface area contributed by atoms with Crippen molar-refractivity contribution in [3.05, 3.63) is 70.1 Å². The van der Waals surface area contributed by atoms with Gasteiger partial charge < -0.3 is 15.6 Å². The Morgan fingerprint density at radius 2 is 1.91 bits per heavy atom. The second-order valence-corrected chi connectivity index (χ2v) is 10.5. The van der Waals surface area contributed by atoms with E-state index in [4.69, 9.17) is 5.73 Å². The molecule has 1 aliphatic rings. The number of aromatic nitrogens is 1. The van der Waals surface area contributed by atoms with Crippen molar-refractivity contribution in [2.24, 2.45) is 5.73 Å². The highest BCUT2D eigenvalue weighted by Gasteiger charge is 2.25. The first-order valence-electron chi connectivity index (χ1n) is 11.0. The SMILES string of the molecule is CC(=O)C(=C(C)N)c1ccc2[nH]c(=O)c(-c3cccc(S(=O)(=O)NC4CCN(C)C4)c3)cc2c1. The lowest BCUT2D eigenvalue weighted by molar-refractivity contribution is -0.111. The number of likely N-dealkylation sites (tertiary alicyclic amines) is 1. The molecule has 0 radical (unpaired) electrons. The zero-order valence-electron chi connectivity index (χ0n) is 19.4. The molecule has 8 nitrogen and oxygen atoms in total. The number of aromatic amines is 1. The highest BCUT2D eigenvalue weighted by Crippen LogP contribution is 2.26. The van der Waals surface area contributed by atoms with Crippen molar-refractivity contribution in [1.29, 1.82) is 0 Å². The van der Waals surface area contributed by atoms with Crippen LogP contribution in [0.4, 0.5) is 0 Å². The molecule has 4 rings (SSSR count). The predicted octanol–water partition coefficient (Wildman–Crippen LogP) is 2.46. The van der Waals surface area contributed by atoms with E-state index in [0.29, 0.717) is 45.4 Å². The fourth-order valence-electron chi connectivity index (χ4n) is 4.43. The van der Waals surface area contributed by atoms with Crippen molar-refractivity contribution >= 4 is 32.3 Å². The van der Waals surface area contributed by atoms with E-state index in [1.165, 1.54) is 19.1 Å². The highest BCUT2D eigenvalue weighted by molar-refractivity contribution is 7.89. The van der Waals surface area contributed by atoms with Gasteiger partial charge in [-0.2, -0.15) is 0 Å². The predicted molar refractivity (Wildman–Crippen MR) is 134 cm³/mol. The minimum atomic E-state index is -3.74. The summed E-state index contributed by atoms with van der Waals surface area (Å²) >= 11 is 0. The number of likely N-dealkylation sites (N-methyl/N-ethyl adjacent to an activating group) is 1. The van der Waals surface area contributed by atoms with Crippen LogP contribution in [0.25, 0.3) is 27.6 Å². The standard InChI is InChI=1S/C25H28N4O4S/c1-15(26)24(16(2)30)18-7-8-23-19(11-18)13-22(25(31)27-23)17-5-4-6-21(12-17)34(32,33)28-20-9-10-29(3)14-20/h4-8,11-13,20,28H,9-10,14,26H2,1-3H3,(H,27,31). The molecule has 0 spiro atoms. The largest absolute Gasteiger partial charge is 0.402 e. The van der Waals surface area contributed by atoms with Gasteiger partial charge in [-0.1, -0.05) is 18.2 Å². The van der Waals surface area contributed by atoms with Gasteiger partial charge in [-0.15, -0.1) is 0 Å². The summed E-state index contributed by atoms with van der Waals surface area (Å²) < 4.78 is 28.7. The second kappa shape index (κ2) is 9.17. The first-order valence-corrected chi connectivity index (χ1v) is 12.5. The third-order valence-corrected chi connectivity index (χ3v) is 7.57. The summed E-state index contributed by atoms with van der Waals surface area (Å²) in [7, 11) is -1.78. The van der Waals surface area contributed by atoms with E-state index < -0.39 is 10.0 Å². The number of sulfonamides is 1. The number of carbonyl (C=O) groups excluding carboxylic acids is 1. The molecule has 3 aromatic rings. The normalized spacial score (nSPS) is 17.7. The number of benzene rings is 2. The van der Waals surface area contributed by atoms with Crippen molar-refractivity contribution in [2.45, 2.75) is 31.2 Å². The number of nitrogens with two attached hydrogens (primary N) is 1. The summed E-state index contributed by atoms with van der Waals surface area (Å²) in [6.07, 6.45) is 0.751. The quantitative estimate of drug-likeness (QED) is 0.466. The Kier molecular flexibility index (Phi) is 6.44. The van der Waals surface area contributed by atoms with Gasteiger partial charge in [0.2, 0.25) is 10.0 Å². The molecule has 0 amide bonds. The zero-order chi connectivity index (χ0) is 24.6. The van der Waals surface area contributed by atoms with Crippen LogP contribution in [-0.4, -0.2) is 50.3 Å². The Bertz CT molecular complexity index is 1470. The fraction of sp³-hybridized carbons (Fsp3) is 0.280. The Labute approximate surface area is 198 Å². The minimum absolute atomic E-state index is 0.105. The maximum Gasteiger partial charge on any atom is 0.256 e. The number of carbonyl (C=O) groups is 1. The number of pyridine rings is 1. The number of Topliss-reactive ketones (excluding diaryl/α,β-unsaturated/α-hetero) is 1. The van der Waals surface area contributed by atoms with Crippen molar-refractivity contribution in [3.8, 4) is 11.1 Å². The first kappa shape index (κ1) is 23.9. The zero-order valence-corrected chi connectivity index (χ0v) is 20.2. The van der Waals surface area contributed by atoms with Gasteiger partial charge in [0.1, 0.15) is 0 Å². The molecule has 178 valence electrons. The lowest BCUT2D eigenvalue weighted by Crippen LogP contribution is -2.36. The lowest BCUT2D eigenvalue weighted by Gasteiger charge is -2.14. The monoisotopic (exact) mass is 480 g/mol. The first-order chi connectivity index (χ1) is 16.0. The number of hydrogen-bond donors (Lipinski definition) is 3. The van der Waals surface area contributed by atoms with Crippen LogP contribution in [0, 0.1) is 0 Å². The smallest absolute Gasteiger partial charge is 0.256 e. The van der Waals surface area contributed by atoms with Crippen LogP contribution in [-0.2, 0) is 14.8 Å². The number of fused-ring (bicyclic) bond motifs is 1. The molecule has 0 aliphatic carbocycles. The van der Waals surface area contributed by atoms with Gasteiger partial charge in [0.15, 0.2) is 5.78 Å². The summed E-state index contributed by atoms with van der Waals surface area (Å²) in [6, 6.07) is 13.2. The number of H-pyrrole nitrogens is 1. The van der Waals surface area contributed by atoms with Gasteiger partial charge >= 0.3 is 0 Å². The summed E-state index contributed by atoms with van der Waals surface area (Å²) in [6.45, 7) is 4.62. The van der Waals surface area contributed by atoms with E-state index in [0.717, 1.165) is 13.0 Å². The molecule has 1 fully saturated rings. The molecule has 1 aromatic heterocycles. The van der Waals surface area contributed by atoms with Crippen molar-refractivity contribution in [2.75, 3.05) is 20.1 Å². The molecule has 9 heteroatoms. The van der Waals surface area contributed by atoms with Gasteiger partial charge in [-0.3, -0.25) is 9.59 Å². The van der Waals surface area contributed by atoms with E-state index in [9.17, 15) is 18.0 Å². The van der Waals surface area contributed by atoms with E-state index in [-0.39, 0.29) is 22.3 Å². The fourth-order valence-corrected chi connectivity index (χ4v) is 5.74. The van der Waals surface area contributed by atoms with Gasteiger partial charge in [0, 0.05) is 34.9 Å². The van der Waals surface area contributed by atoms with Crippen molar-refractivity contribution < 1.29 is 13.2 Å². The Hall–Kier alpha value is -3.27. The molecule has 34 heavy (non-hydrogen) atoms. The van der Waals surface area contributed by atoms with Crippen molar-refractivity contribution in [3.63, 3.8) is 0 Å². The van der Waals surface area contributed by atoms with Gasteiger partial charge in [0.25, 0.3) is 5.56 Å². The number of nitrogens with zero attached hydrogens (tertiary/aromatic N) is 1. The third-order valence-electron chi connectivity index (χ3n) is 6.05. The Morgan fingerprint density at radius 1 is 1.15 bits per heavy atom. The summed E-state index contributed by atoms with van der Waals surface area (Å²) in [5.74, 6) is -0.150. The van der Waals surface area contributed by atoms with E-state index in [2.05, 4.69) is 14.6 Å². The molecule has 4 N–H and O–H groups in total. The van der Waals surface area contributed by atoms with Crippen LogP contribution in [0.2, 0.25) is 0 Å². The average molecular weight is 481 g/mol. The lowest BCUT2D eigenvalue weighted by atomic mass is 9.97. The van der Waals surface area contributed by atoms with Crippen LogP contribution in [0.15, 0.2) is 63.9 Å². The Morgan fingerprint density at radius 3 is 2.56 bits per heavy atom. The molecule has 1 atom stereocenters. The van der Waals surface area contributed by atoms with Crippen LogP contribution >= 0.6 is 0 Å². The van der Waals surface area contributed by atoms with Crippen molar-refractivity contribution in [1.82, 2.24) is 14.6 Å². The summed E-state index contributed by atoms with van der Waals surface area (Å²) in [5, 5.41) is 0.701. The molecule has 1 unspecified atom stereocenters. The van der Waals surface area contributed by atoms with Crippen LogP contribution < -0.4 is 16.0 Å². The maximum atomic E-state index is 13.0. The number of rotatable bonds is 6. The van der Waals surface area contributed by atoms with Crippen LogP contribution in [0.1, 0.15) is 25.8 Å². The van der Waals surface area contributed by atoms with E-state index in [1.54, 1.807) is 43.3 Å². The molecule has 2 heterocycles. The van der Waals surface area contributed by atoms with Crippen LogP contribution in [0.5, 0.6) is 0 Å². The molecule has 1 aliphatic heterocycles. The number of ketones is 1. The third kappa shape index (κ3) is 4.82. The average Bonchev–Trinajstić information content (AvgIpc) is 3.17. The molecule has 2 aromatic carbocycles. The number of nitrogens with one attached hydrogen (secondary N) is 2. The second-order valence-electron chi connectivity index (χ2n) is 8.83. The number of allylic oxidation sites excluding steroid dienone is 2. The molecular formula is C25H28N4O4S. The summed E-state index contributed by atoms with van der Waals surface area (Å²) in [5.41, 5.74) is 8.49.